The molecule has 1 saturated heterocycles. The van der Waals surface area contributed by atoms with E-state index in [4.69, 9.17) is 10.7 Å². The molecule has 3 aromatic carbocycles. The quantitative estimate of drug-likeness (QED) is 0.214. The van der Waals surface area contributed by atoms with Crippen molar-refractivity contribution in [1.82, 2.24) is 9.88 Å². The predicted molar refractivity (Wildman–Crippen MR) is 149 cm³/mol. The van der Waals surface area contributed by atoms with Crippen molar-refractivity contribution in [3.05, 3.63) is 83.9 Å². The maximum absolute atomic E-state index is 13.0. The van der Waals surface area contributed by atoms with Crippen molar-refractivity contribution in [2.24, 2.45) is 4.99 Å². The van der Waals surface area contributed by atoms with Gasteiger partial charge in [-0.3, -0.25) is 9.89 Å². The molecule has 0 amide bonds. The predicted octanol–water partition coefficient (Wildman–Crippen LogP) is 5.43. The second kappa shape index (κ2) is 10.8. The Hall–Kier alpha value is -3.62. The lowest BCUT2D eigenvalue weighted by Crippen LogP contribution is -2.28. The fraction of sp³-hybridized carbons (Fsp3) is 0.276. The van der Waals surface area contributed by atoms with Crippen molar-refractivity contribution in [2.45, 2.75) is 37.1 Å². The first-order valence-corrected chi connectivity index (χ1v) is 14.3. The number of nitrogens with one attached hydrogen (secondary N) is 1. The molecule has 0 radical (unpaired) electrons. The van der Waals surface area contributed by atoms with E-state index in [0.717, 1.165) is 19.6 Å². The smallest absolute Gasteiger partial charge is 0.198 e. The summed E-state index contributed by atoms with van der Waals surface area (Å²) in [5, 5.41) is 11.5. The number of likely N-dealkylation sites (tertiary alicyclic amines) is 1. The number of piperidine rings is 1. The number of hydrogen-bond acceptors (Lipinski definition) is 6. The summed E-state index contributed by atoms with van der Waals surface area (Å²) in [5.41, 5.74) is 10.2. The molecular weight excluding hydrogens is 484 g/mol. The molecule has 0 atom stereocenters. The van der Waals surface area contributed by atoms with E-state index in [2.05, 4.69) is 22.0 Å². The molecular formula is C29H32N4O3S. The molecule has 1 aromatic heterocycles. The van der Waals surface area contributed by atoms with Crippen LogP contribution in [-0.2, 0) is 16.4 Å². The zero-order chi connectivity index (χ0) is 25.8. The Morgan fingerprint density at radius 3 is 2.43 bits per heavy atom. The second-order valence-corrected chi connectivity index (χ2v) is 11.7. The normalized spacial score (nSPS) is 15.3. The van der Waals surface area contributed by atoms with Crippen molar-refractivity contribution in [1.29, 1.82) is 0 Å². The number of nitrogens with zero attached hydrogens (tertiary/aromatic N) is 2. The van der Waals surface area contributed by atoms with E-state index in [1.54, 1.807) is 48.5 Å². The van der Waals surface area contributed by atoms with Gasteiger partial charge < -0.3 is 15.8 Å². The number of hydrogen-bond donors (Lipinski definition) is 3. The zero-order valence-corrected chi connectivity index (χ0v) is 21.5. The molecule has 4 aromatic rings. The van der Waals surface area contributed by atoms with Gasteiger partial charge in [0, 0.05) is 29.6 Å². The van der Waals surface area contributed by atoms with Gasteiger partial charge in [-0.05, 0) is 74.0 Å². The Labute approximate surface area is 217 Å². The first kappa shape index (κ1) is 25.0. The zero-order valence-electron chi connectivity index (χ0n) is 20.7. The van der Waals surface area contributed by atoms with Gasteiger partial charge in [0.2, 0.25) is 0 Å². The molecule has 0 bridgehead atoms. The molecule has 1 aliphatic heterocycles. The van der Waals surface area contributed by atoms with Crippen LogP contribution in [0.2, 0.25) is 0 Å². The summed E-state index contributed by atoms with van der Waals surface area (Å²) in [7, 11) is -3.54. The average molecular weight is 517 g/mol. The highest BCUT2D eigenvalue weighted by Crippen LogP contribution is 2.32. The molecule has 0 saturated carbocycles. The standard InChI is InChI=1S/C29H32N4O3S/c30-22-11-14-26-25(19-22)28(29(34)32-26)27(15-18-37(35,36)24-7-3-1-4-8-24)31-23-12-9-21(10-13-23)20-33-16-5-2-6-17-33/h1,3-4,7-14,19,32,34H,2,5-6,15-18,20,30H2. The number of anilines is 1. The van der Waals surface area contributed by atoms with Gasteiger partial charge in [-0.1, -0.05) is 36.8 Å². The average Bonchev–Trinajstić information content (AvgIpc) is 3.23. The van der Waals surface area contributed by atoms with E-state index in [0.29, 0.717) is 33.6 Å². The molecule has 0 spiro atoms. The van der Waals surface area contributed by atoms with Gasteiger partial charge in [-0.15, -0.1) is 0 Å². The number of aromatic hydroxyl groups is 1. The van der Waals surface area contributed by atoms with Crippen molar-refractivity contribution >= 4 is 37.8 Å². The molecule has 7 nitrogen and oxygen atoms in total. The van der Waals surface area contributed by atoms with E-state index in [-0.39, 0.29) is 22.9 Å². The third kappa shape index (κ3) is 5.87. The topological polar surface area (TPSA) is 112 Å². The Kier molecular flexibility index (Phi) is 7.30. The number of aromatic amines is 1. The first-order chi connectivity index (χ1) is 17.9. The van der Waals surface area contributed by atoms with Gasteiger partial charge >= 0.3 is 0 Å². The summed E-state index contributed by atoms with van der Waals surface area (Å²) >= 11 is 0. The molecule has 1 aliphatic rings. The summed E-state index contributed by atoms with van der Waals surface area (Å²) in [6, 6.07) is 21.7. The van der Waals surface area contributed by atoms with Crippen LogP contribution in [0.25, 0.3) is 10.9 Å². The minimum absolute atomic E-state index is 0.0572. The van der Waals surface area contributed by atoms with Gasteiger partial charge in [0.25, 0.3) is 0 Å². The number of aromatic nitrogens is 1. The number of benzene rings is 3. The highest BCUT2D eigenvalue weighted by molar-refractivity contribution is 7.91. The van der Waals surface area contributed by atoms with Gasteiger partial charge in [-0.2, -0.15) is 0 Å². The SMILES string of the molecule is Nc1ccc2[nH]c(O)c(C(CCS(=O)(=O)c3ccccc3)=Nc3ccc(CN4CCCCC4)cc3)c2c1. The summed E-state index contributed by atoms with van der Waals surface area (Å²) < 4.78 is 26.1. The first-order valence-electron chi connectivity index (χ1n) is 12.7. The third-order valence-corrected chi connectivity index (χ3v) is 8.59. The van der Waals surface area contributed by atoms with E-state index < -0.39 is 9.84 Å². The minimum atomic E-state index is -3.54. The summed E-state index contributed by atoms with van der Waals surface area (Å²) in [4.78, 5) is 10.5. The summed E-state index contributed by atoms with van der Waals surface area (Å²) in [5.74, 6) is -0.199. The van der Waals surface area contributed by atoms with Crippen molar-refractivity contribution in [3.8, 4) is 5.88 Å². The van der Waals surface area contributed by atoms with E-state index in [1.165, 1.54) is 24.8 Å². The van der Waals surface area contributed by atoms with Crippen LogP contribution < -0.4 is 5.73 Å². The molecule has 0 aliphatic carbocycles. The van der Waals surface area contributed by atoms with Crippen LogP contribution in [0.5, 0.6) is 5.88 Å². The molecule has 5 rings (SSSR count). The fourth-order valence-corrected chi connectivity index (χ4v) is 6.18. The largest absolute Gasteiger partial charge is 0.494 e. The monoisotopic (exact) mass is 516 g/mol. The van der Waals surface area contributed by atoms with Gasteiger partial charge in [-0.25, -0.2) is 8.42 Å². The minimum Gasteiger partial charge on any atom is -0.494 e. The molecule has 2 heterocycles. The maximum atomic E-state index is 13.0. The molecule has 8 heteroatoms. The maximum Gasteiger partial charge on any atom is 0.198 e. The lowest BCUT2D eigenvalue weighted by molar-refractivity contribution is 0.221. The van der Waals surface area contributed by atoms with Crippen LogP contribution >= 0.6 is 0 Å². The summed E-state index contributed by atoms with van der Waals surface area (Å²) in [6.45, 7) is 3.17. The number of nitrogens with two attached hydrogens (primary N) is 1. The summed E-state index contributed by atoms with van der Waals surface area (Å²) in [6.07, 6.45) is 3.92. The lowest BCUT2D eigenvalue weighted by atomic mass is 10.1. The molecule has 192 valence electrons. The Morgan fingerprint density at radius 1 is 0.973 bits per heavy atom. The number of H-pyrrole nitrogens is 1. The van der Waals surface area contributed by atoms with Crippen LogP contribution in [0.4, 0.5) is 11.4 Å². The molecule has 4 N–H and O–H groups in total. The highest BCUT2D eigenvalue weighted by atomic mass is 32.2. The van der Waals surface area contributed by atoms with Crippen LogP contribution in [0.15, 0.2) is 82.7 Å². The Bertz CT molecular complexity index is 1500. The van der Waals surface area contributed by atoms with E-state index in [1.807, 2.05) is 12.1 Å². The third-order valence-electron chi connectivity index (χ3n) is 6.86. The fourth-order valence-electron chi connectivity index (χ4n) is 4.91. The molecule has 1 fully saturated rings. The number of fused-ring (bicyclic) bond motifs is 1. The molecule has 0 unspecified atom stereocenters. The van der Waals surface area contributed by atoms with Crippen LogP contribution in [0, 0.1) is 0 Å². The van der Waals surface area contributed by atoms with Gasteiger partial charge in [0.05, 0.1) is 27.6 Å². The van der Waals surface area contributed by atoms with Gasteiger partial charge in [0.15, 0.2) is 15.7 Å². The lowest BCUT2D eigenvalue weighted by Gasteiger charge is -2.26. The molecule has 37 heavy (non-hydrogen) atoms. The highest BCUT2D eigenvalue weighted by Gasteiger charge is 2.21. The number of aliphatic imine (C=N–C) groups is 1. The number of rotatable bonds is 8. The number of nitrogen functional groups attached to an aromatic ring is 1. The van der Waals surface area contributed by atoms with Crippen LogP contribution in [0.3, 0.4) is 0 Å². The van der Waals surface area contributed by atoms with Crippen molar-refractivity contribution in [3.63, 3.8) is 0 Å². The van der Waals surface area contributed by atoms with Crippen molar-refractivity contribution in [2.75, 3.05) is 24.6 Å². The van der Waals surface area contributed by atoms with E-state index in [9.17, 15) is 13.5 Å². The van der Waals surface area contributed by atoms with Crippen LogP contribution in [-0.4, -0.2) is 48.0 Å². The second-order valence-electron chi connectivity index (χ2n) is 9.60. The van der Waals surface area contributed by atoms with Crippen LogP contribution in [0.1, 0.15) is 36.8 Å². The van der Waals surface area contributed by atoms with Crippen molar-refractivity contribution < 1.29 is 13.5 Å². The Balaban J connectivity index is 1.47. The number of sulfone groups is 1. The van der Waals surface area contributed by atoms with Gasteiger partial charge in [0.1, 0.15) is 0 Å². The van der Waals surface area contributed by atoms with E-state index >= 15 is 0 Å². The Morgan fingerprint density at radius 2 is 1.70 bits per heavy atom.